The summed E-state index contributed by atoms with van der Waals surface area (Å²) < 4.78 is 32.3. The van der Waals surface area contributed by atoms with Gasteiger partial charge in [-0.2, -0.15) is 4.31 Å². The van der Waals surface area contributed by atoms with E-state index in [9.17, 15) is 13.2 Å². The lowest BCUT2D eigenvalue weighted by molar-refractivity contribution is 0.0730. The quantitative estimate of drug-likeness (QED) is 0.690. The number of hydrogen-bond acceptors (Lipinski definition) is 4. The Morgan fingerprint density at radius 3 is 2.14 bits per heavy atom. The number of carbonyl (C=O) groups is 1. The molecule has 1 saturated heterocycles. The van der Waals surface area contributed by atoms with Gasteiger partial charge < -0.3 is 10.1 Å². The van der Waals surface area contributed by atoms with E-state index in [1.54, 1.807) is 0 Å². The van der Waals surface area contributed by atoms with Crippen LogP contribution in [0.15, 0.2) is 35.2 Å². The average Bonchev–Trinajstić information content (AvgIpc) is 2.61. The van der Waals surface area contributed by atoms with Crippen molar-refractivity contribution in [2.75, 3.05) is 31.6 Å². The van der Waals surface area contributed by atoms with Crippen molar-refractivity contribution in [2.24, 2.45) is 0 Å². The Hall–Kier alpha value is -1.06. The molecule has 11 heteroatoms. The van der Waals surface area contributed by atoms with E-state index in [-0.39, 0.29) is 46.8 Å². The minimum atomic E-state index is -3.91. The number of halogens is 4. The van der Waals surface area contributed by atoms with Gasteiger partial charge >= 0.3 is 0 Å². The first-order valence-electron chi connectivity index (χ1n) is 8.03. The standard InChI is InChI=1S/C17H14Cl4N2O4S/c18-10-5-11(19)7-12(6-10)22-17(24)13-8-16(15(21)9-14(13)20)28(25,26)23-1-3-27-4-2-23/h5-9H,1-4H2,(H,22,24). The predicted octanol–water partition coefficient (Wildman–Crippen LogP) is 4.57. The summed E-state index contributed by atoms with van der Waals surface area (Å²) in [5.74, 6) is -0.626. The number of rotatable bonds is 4. The summed E-state index contributed by atoms with van der Waals surface area (Å²) in [6.45, 7) is 0.967. The Bertz CT molecular complexity index is 1000. The Morgan fingerprint density at radius 1 is 0.929 bits per heavy atom. The van der Waals surface area contributed by atoms with Gasteiger partial charge in [-0.15, -0.1) is 0 Å². The lowest BCUT2D eigenvalue weighted by Crippen LogP contribution is -2.40. The third kappa shape index (κ3) is 4.74. The maximum atomic E-state index is 12.9. The molecule has 2 aromatic rings. The molecule has 1 heterocycles. The first-order valence-corrected chi connectivity index (χ1v) is 11.0. The number of sulfonamides is 1. The molecule has 1 N–H and O–H groups in total. The van der Waals surface area contributed by atoms with Crippen LogP contribution in [-0.4, -0.2) is 44.9 Å². The molecule has 1 amide bonds. The molecule has 3 rings (SSSR count). The second kappa shape index (κ2) is 8.75. The topological polar surface area (TPSA) is 75.7 Å². The molecular weight excluding hydrogens is 470 g/mol. The van der Waals surface area contributed by atoms with Gasteiger partial charge in [-0.05, 0) is 30.3 Å². The van der Waals surface area contributed by atoms with Gasteiger partial charge in [-0.25, -0.2) is 8.42 Å². The van der Waals surface area contributed by atoms with Gasteiger partial charge in [-0.1, -0.05) is 46.4 Å². The highest BCUT2D eigenvalue weighted by Gasteiger charge is 2.30. The van der Waals surface area contributed by atoms with Crippen molar-refractivity contribution in [3.63, 3.8) is 0 Å². The van der Waals surface area contributed by atoms with Gasteiger partial charge in [0.2, 0.25) is 10.0 Å². The van der Waals surface area contributed by atoms with Gasteiger partial charge in [0, 0.05) is 28.8 Å². The van der Waals surface area contributed by atoms with E-state index < -0.39 is 15.9 Å². The third-order valence-electron chi connectivity index (χ3n) is 3.97. The molecule has 1 aliphatic rings. The number of ether oxygens (including phenoxy) is 1. The predicted molar refractivity (Wildman–Crippen MR) is 110 cm³/mol. The number of amides is 1. The van der Waals surface area contributed by atoms with Gasteiger partial charge in [0.15, 0.2) is 0 Å². The summed E-state index contributed by atoms with van der Waals surface area (Å²) in [4.78, 5) is 12.5. The zero-order valence-corrected chi connectivity index (χ0v) is 18.1. The average molecular weight is 484 g/mol. The summed E-state index contributed by atoms with van der Waals surface area (Å²) in [7, 11) is -3.91. The summed E-state index contributed by atoms with van der Waals surface area (Å²) in [5.41, 5.74) is 0.292. The molecule has 0 unspecified atom stereocenters. The van der Waals surface area contributed by atoms with Gasteiger partial charge in [0.1, 0.15) is 4.90 Å². The van der Waals surface area contributed by atoms with Crippen molar-refractivity contribution in [3.05, 3.63) is 56.0 Å². The molecule has 0 aliphatic carbocycles. The molecule has 0 radical (unpaired) electrons. The number of anilines is 1. The third-order valence-corrected chi connectivity index (χ3v) is 7.09. The molecule has 0 spiro atoms. The number of morpholine rings is 1. The van der Waals surface area contributed by atoms with Crippen LogP contribution in [-0.2, 0) is 14.8 Å². The highest BCUT2D eigenvalue weighted by molar-refractivity contribution is 7.89. The lowest BCUT2D eigenvalue weighted by Gasteiger charge is -2.26. The highest BCUT2D eigenvalue weighted by atomic mass is 35.5. The Kier molecular flexibility index (Phi) is 6.76. The number of hydrogen-bond donors (Lipinski definition) is 1. The summed E-state index contributed by atoms with van der Waals surface area (Å²) >= 11 is 24.1. The molecule has 1 fully saturated rings. The van der Waals surface area contributed by atoms with E-state index >= 15 is 0 Å². The Morgan fingerprint density at radius 2 is 1.54 bits per heavy atom. The minimum absolute atomic E-state index is 0.0107. The zero-order chi connectivity index (χ0) is 20.5. The largest absolute Gasteiger partial charge is 0.379 e. The number of carbonyl (C=O) groups excluding carboxylic acids is 1. The fraction of sp³-hybridized carbons (Fsp3) is 0.235. The van der Waals surface area contributed by atoms with Crippen LogP contribution in [0.3, 0.4) is 0 Å². The van der Waals surface area contributed by atoms with E-state index in [1.165, 1.54) is 28.6 Å². The second-order valence-electron chi connectivity index (χ2n) is 5.89. The van der Waals surface area contributed by atoms with Crippen molar-refractivity contribution in [1.29, 1.82) is 0 Å². The summed E-state index contributed by atoms with van der Waals surface area (Å²) in [6, 6.07) is 6.91. The maximum absolute atomic E-state index is 12.9. The van der Waals surface area contributed by atoms with Crippen LogP contribution in [0.2, 0.25) is 20.1 Å². The molecule has 2 aromatic carbocycles. The van der Waals surface area contributed by atoms with Crippen molar-refractivity contribution in [1.82, 2.24) is 4.31 Å². The molecular formula is C17H14Cl4N2O4S. The van der Waals surface area contributed by atoms with E-state index in [2.05, 4.69) is 5.32 Å². The molecule has 1 aliphatic heterocycles. The molecule has 28 heavy (non-hydrogen) atoms. The minimum Gasteiger partial charge on any atom is -0.379 e. The highest BCUT2D eigenvalue weighted by Crippen LogP contribution is 2.32. The Labute approximate surface area is 182 Å². The zero-order valence-electron chi connectivity index (χ0n) is 14.2. The fourth-order valence-electron chi connectivity index (χ4n) is 2.65. The first kappa shape index (κ1) is 21.6. The molecule has 0 atom stereocenters. The van der Waals surface area contributed by atoms with Crippen LogP contribution in [0.1, 0.15) is 10.4 Å². The van der Waals surface area contributed by atoms with Crippen LogP contribution in [0.4, 0.5) is 5.69 Å². The number of benzene rings is 2. The molecule has 6 nitrogen and oxygen atoms in total. The summed E-state index contributed by atoms with van der Waals surface area (Å²) in [5, 5.41) is 3.20. The van der Waals surface area contributed by atoms with Crippen LogP contribution in [0.5, 0.6) is 0 Å². The van der Waals surface area contributed by atoms with E-state index in [0.717, 1.165) is 6.07 Å². The number of nitrogens with zero attached hydrogens (tertiary/aromatic N) is 1. The SMILES string of the molecule is O=C(Nc1cc(Cl)cc(Cl)c1)c1cc(S(=O)(=O)N2CCOCC2)c(Cl)cc1Cl. The van der Waals surface area contributed by atoms with E-state index in [1.807, 2.05) is 0 Å². The molecule has 150 valence electrons. The molecule has 0 saturated carbocycles. The van der Waals surface area contributed by atoms with Gasteiger partial charge in [0.25, 0.3) is 5.91 Å². The molecule has 0 aromatic heterocycles. The van der Waals surface area contributed by atoms with Crippen LogP contribution in [0.25, 0.3) is 0 Å². The summed E-state index contributed by atoms with van der Waals surface area (Å²) in [6.07, 6.45) is 0. The van der Waals surface area contributed by atoms with Crippen LogP contribution >= 0.6 is 46.4 Å². The first-order chi connectivity index (χ1) is 13.2. The van der Waals surface area contributed by atoms with Crippen molar-refractivity contribution in [2.45, 2.75) is 4.90 Å². The molecule has 0 bridgehead atoms. The second-order valence-corrected chi connectivity index (χ2v) is 9.48. The van der Waals surface area contributed by atoms with Crippen molar-refractivity contribution in [3.8, 4) is 0 Å². The van der Waals surface area contributed by atoms with E-state index in [4.69, 9.17) is 51.1 Å². The fourth-order valence-corrected chi connectivity index (χ4v) is 5.42. The van der Waals surface area contributed by atoms with Crippen molar-refractivity contribution >= 4 is 68.0 Å². The van der Waals surface area contributed by atoms with Crippen molar-refractivity contribution < 1.29 is 17.9 Å². The number of nitrogens with one attached hydrogen (secondary N) is 1. The monoisotopic (exact) mass is 482 g/mol. The van der Waals surface area contributed by atoms with Gasteiger partial charge in [-0.3, -0.25) is 4.79 Å². The normalized spacial score (nSPS) is 15.4. The smallest absolute Gasteiger partial charge is 0.257 e. The van der Waals surface area contributed by atoms with E-state index in [0.29, 0.717) is 15.7 Å². The van der Waals surface area contributed by atoms with Gasteiger partial charge in [0.05, 0.1) is 28.8 Å². The maximum Gasteiger partial charge on any atom is 0.257 e. The van der Waals surface area contributed by atoms with Crippen LogP contribution in [0, 0.1) is 0 Å². The Balaban J connectivity index is 1.95. The lowest BCUT2D eigenvalue weighted by atomic mass is 10.2. The van der Waals surface area contributed by atoms with Crippen LogP contribution < -0.4 is 5.32 Å².